The summed E-state index contributed by atoms with van der Waals surface area (Å²) in [6, 6.07) is 8.03. The van der Waals surface area contributed by atoms with Crippen molar-refractivity contribution in [1.29, 1.82) is 0 Å². The lowest BCUT2D eigenvalue weighted by atomic mass is 10.1. The summed E-state index contributed by atoms with van der Waals surface area (Å²) in [7, 11) is 0. The molecule has 0 bridgehead atoms. The number of hydrogen-bond acceptors (Lipinski definition) is 4. The predicted molar refractivity (Wildman–Crippen MR) is 73.8 cm³/mol. The molecular formula is C13H18ClN3O. The second-order valence-electron chi connectivity index (χ2n) is 4.47. The third kappa shape index (κ3) is 3.09. The highest BCUT2D eigenvalue weighted by Gasteiger charge is 2.18. The Hall–Kier alpha value is -1.39. The molecule has 2 aromatic rings. The molecule has 1 aromatic heterocycles. The van der Waals surface area contributed by atoms with Crippen LogP contribution in [0, 0.1) is 6.92 Å². The van der Waals surface area contributed by atoms with Crippen LogP contribution in [0.1, 0.15) is 31.2 Å². The Bertz CT molecular complexity index is 493. The summed E-state index contributed by atoms with van der Waals surface area (Å²) in [6.07, 6.45) is 0. The van der Waals surface area contributed by atoms with E-state index < -0.39 is 0 Å². The third-order valence-electron chi connectivity index (χ3n) is 2.93. The van der Waals surface area contributed by atoms with E-state index in [1.807, 2.05) is 45.0 Å². The fraction of sp³-hybridized carbons (Fsp3) is 0.385. The van der Waals surface area contributed by atoms with Crippen LogP contribution in [0.2, 0.25) is 0 Å². The van der Waals surface area contributed by atoms with Crippen molar-refractivity contribution in [3.63, 3.8) is 0 Å². The molecule has 0 amide bonds. The van der Waals surface area contributed by atoms with E-state index in [0.717, 1.165) is 5.56 Å². The summed E-state index contributed by atoms with van der Waals surface area (Å²) in [5.74, 6) is 1.28. The Kier molecular flexibility index (Phi) is 4.87. The molecule has 0 spiro atoms. The Labute approximate surface area is 113 Å². The topological polar surface area (TPSA) is 64.9 Å². The van der Waals surface area contributed by atoms with Gasteiger partial charge in [-0.05, 0) is 13.8 Å². The van der Waals surface area contributed by atoms with Gasteiger partial charge in [0, 0.05) is 11.6 Å². The average molecular weight is 268 g/mol. The zero-order valence-corrected chi connectivity index (χ0v) is 11.6. The van der Waals surface area contributed by atoms with E-state index in [0.29, 0.717) is 11.7 Å². The van der Waals surface area contributed by atoms with Crippen LogP contribution in [0.25, 0.3) is 11.4 Å². The van der Waals surface area contributed by atoms with E-state index in [2.05, 4.69) is 10.1 Å². The maximum absolute atomic E-state index is 5.81. The lowest BCUT2D eigenvalue weighted by Gasteiger charge is -2.09. The van der Waals surface area contributed by atoms with Crippen LogP contribution in [0.3, 0.4) is 0 Å². The highest BCUT2D eigenvalue weighted by atomic mass is 35.5. The van der Waals surface area contributed by atoms with Crippen LogP contribution in [-0.2, 0) is 0 Å². The summed E-state index contributed by atoms with van der Waals surface area (Å²) in [5, 5.41) is 3.98. The molecule has 1 aromatic carbocycles. The molecule has 0 aliphatic rings. The molecule has 1 heterocycles. The molecule has 0 saturated heterocycles. The Morgan fingerprint density at radius 1 is 1.17 bits per heavy atom. The van der Waals surface area contributed by atoms with Crippen LogP contribution < -0.4 is 5.73 Å². The van der Waals surface area contributed by atoms with Gasteiger partial charge < -0.3 is 10.3 Å². The van der Waals surface area contributed by atoms with Gasteiger partial charge in [-0.2, -0.15) is 4.98 Å². The molecular weight excluding hydrogens is 250 g/mol. The molecule has 2 atom stereocenters. The molecule has 0 saturated carbocycles. The first-order chi connectivity index (χ1) is 8.08. The number of rotatable bonds is 3. The summed E-state index contributed by atoms with van der Waals surface area (Å²) < 4.78 is 5.23. The number of nitrogens with zero attached hydrogens (tertiary/aromatic N) is 2. The minimum absolute atomic E-state index is 0. The van der Waals surface area contributed by atoms with Gasteiger partial charge in [-0.3, -0.25) is 0 Å². The first kappa shape index (κ1) is 14.7. The predicted octanol–water partition coefficient (Wildman–Crippen LogP) is 2.92. The summed E-state index contributed by atoms with van der Waals surface area (Å²) >= 11 is 0. The summed E-state index contributed by atoms with van der Waals surface area (Å²) in [4.78, 5) is 4.37. The zero-order valence-electron chi connectivity index (χ0n) is 10.8. The lowest BCUT2D eigenvalue weighted by molar-refractivity contribution is 0.347. The van der Waals surface area contributed by atoms with Crippen LogP contribution in [0.5, 0.6) is 0 Å². The zero-order chi connectivity index (χ0) is 12.4. The van der Waals surface area contributed by atoms with Crippen molar-refractivity contribution in [3.05, 3.63) is 35.7 Å². The van der Waals surface area contributed by atoms with E-state index in [1.54, 1.807) is 0 Å². The SMILES string of the molecule is Cc1ccc(-c2noc(C(C)C(C)N)n2)cc1.Cl. The van der Waals surface area contributed by atoms with Gasteiger partial charge in [0.15, 0.2) is 0 Å². The molecule has 18 heavy (non-hydrogen) atoms. The monoisotopic (exact) mass is 267 g/mol. The first-order valence-electron chi connectivity index (χ1n) is 5.74. The van der Waals surface area contributed by atoms with Crippen molar-refractivity contribution in [2.45, 2.75) is 32.7 Å². The smallest absolute Gasteiger partial charge is 0.231 e. The fourth-order valence-corrected chi connectivity index (χ4v) is 1.46. The molecule has 0 fully saturated rings. The molecule has 0 aliphatic carbocycles. The van der Waals surface area contributed by atoms with Crippen molar-refractivity contribution >= 4 is 12.4 Å². The van der Waals surface area contributed by atoms with Gasteiger partial charge in [-0.15, -0.1) is 12.4 Å². The summed E-state index contributed by atoms with van der Waals surface area (Å²) in [5.41, 5.74) is 7.98. The standard InChI is InChI=1S/C13H17N3O.ClH/c1-8-4-6-11(7-5-8)12-15-13(17-16-12)9(2)10(3)14;/h4-7,9-10H,14H2,1-3H3;1H. The van der Waals surface area contributed by atoms with Crippen molar-refractivity contribution in [2.24, 2.45) is 5.73 Å². The summed E-state index contributed by atoms with van der Waals surface area (Å²) in [6.45, 7) is 5.96. The largest absolute Gasteiger partial charge is 0.339 e. The minimum Gasteiger partial charge on any atom is -0.339 e. The van der Waals surface area contributed by atoms with Gasteiger partial charge in [-0.1, -0.05) is 41.9 Å². The molecule has 0 aliphatic heterocycles. The molecule has 0 radical (unpaired) electrons. The van der Waals surface area contributed by atoms with E-state index >= 15 is 0 Å². The number of hydrogen-bond donors (Lipinski definition) is 1. The molecule has 5 heteroatoms. The number of halogens is 1. The average Bonchev–Trinajstić information content (AvgIpc) is 2.78. The van der Waals surface area contributed by atoms with Gasteiger partial charge in [0.2, 0.25) is 11.7 Å². The highest BCUT2D eigenvalue weighted by molar-refractivity contribution is 5.85. The van der Waals surface area contributed by atoms with Gasteiger partial charge in [0.1, 0.15) is 0 Å². The van der Waals surface area contributed by atoms with Gasteiger partial charge in [-0.25, -0.2) is 0 Å². The minimum atomic E-state index is 0. The van der Waals surface area contributed by atoms with Gasteiger partial charge in [0.25, 0.3) is 0 Å². The van der Waals surface area contributed by atoms with E-state index in [1.165, 1.54) is 5.56 Å². The molecule has 2 unspecified atom stereocenters. The molecule has 98 valence electrons. The quantitative estimate of drug-likeness (QED) is 0.929. The van der Waals surface area contributed by atoms with Crippen molar-refractivity contribution < 1.29 is 4.52 Å². The van der Waals surface area contributed by atoms with Crippen LogP contribution in [-0.4, -0.2) is 16.2 Å². The molecule has 2 rings (SSSR count). The second-order valence-corrected chi connectivity index (χ2v) is 4.47. The fourth-order valence-electron chi connectivity index (χ4n) is 1.46. The Balaban J connectivity index is 0.00000162. The maximum atomic E-state index is 5.81. The lowest BCUT2D eigenvalue weighted by Crippen LogP contribution is -2.22. The van der Waals surface area contributed by atoms with Gasteiger partial charge >= 0.3 is 0 Å². The Morgan fingerprint density at radius 3 is 2.33 bits per heavy atom. The van der Waals surface area contributed by atoms with Crippen LogP contribution in [0.15, 0.2) is 28.8 Å². The Morgan fingerprint density at radius 2 is 1.78 bits per heavy atom. The highest BCUT2D eigenvalue weighted by Crippen LogP contribution is 2.21. The third-order valence-corrected chi connectivity index (χ3v) is 2.93. The van der Waals surface area contributed by atoms with Crippen molar-refractivity contribution in [3.8, 4) is 11.4 Å². The van der Waals surface area contributed by atoms with E-state index in [9.17, 15) is 0 Å². The van der Waals surface area contributed by atoms with Gasteiger partial charge in [0.05, 0.1) is 5.92 Å². The number of benzene rings is 1. The second kappa shape index (κ2) is 5.98. The number of aromatic nitrogens is 2. The van der Waals surface area contributed by atoms with E-state index in [4.69, 9.17) is 10.3 Å². The molecule has 2 N–H and O–H groups in total. The number of aryl methyl sites for hydroxylation is 1. The first-order valence-corrected chi connectivity index (χ1v) is 5.74. The van der Waals surface area contributed by atoms with E-state index in [-0.39, 0.29) is 24.4 Å². The van der Waals surface area contributed by atoms with Crippen molar-refractivity contribution in [1.82, 2.24) is 10.1 Å². The number of nitrogens with two attached hydrogens (primary N) is 1. The normalized spacial score (nSPS) is 13.8. The van der Waals surface area contributed by atoms with Crippen LogP contribution in [0.4, 0.5) is 0 Å². The maximum Gasteiger partial charge on any atom is 0.231 e. The molecule has 4 nitrogen and oxygen atoms in total. The van der Waals surface area contributed by atoms with Crippen LogP contribution >= 0.6 is 12.4 Å². The van der Waals surface area contributed by atoms with Crippen molar-refractivity contribution in [2.75, 3.05) is 0 Å².